The zero-order chi connectivity index (χ0) is 8.48. The quantitative estimate of drug-likeness (QED) is 0.643. The molecule has 0 bridgehead atoms. The molecule has 0 saturated heterocycles. The summed E-state index contributed by atoms with van der Waals surface area (Å²) in [6.45, 7) is 0. The first-order valence-corrected chi connectivity index (χ1v) is 4.84. The number of hydrogen-bond acceptors (Lipinski definition) is 3. The predicted molar refractivity (Wildman–Crippen MR) is 38.7 cm³/mol. The van der Waals surface area contributed by atoms with Crippen LogP contribution in [0.15, 0.2) is 11.5 Å². The van der Waals surface area contributed by atoms with Gasteiger partial charge in [-0.05, 0) is 0 Å². The normalized spacial score (nSPS) is 27.1. The molecule has 11 heavy (non-hydrogen) atoms. The standard InChI is InChI=1S/C6H8O4S/c7-6(8)3-5-1-2-11(9,10)4-5/h1-2,5H,3-4H2,(H,7,8)/t5-/m0/s1. The minimum absolute atomic E-state index is 0.0562. The van der Waals surface area contributed by atoms with Crippen molar-refractivity contribution in [2.75, 3.05) is 5.75 Å². The Bertz CT molecular complexity index is 288. The van der Waals surface area contributed by atoms with E-state index < -0.39 is 15.8 Å². The van der Waals surface area contributed by atoms with Crippen LogP contribution in [0.25, 0.3) is 0 Å². The van der Waals surface area contributed by atoms with Gasteiger partial charge in [0.15, 0.2) is 9.84 Å². The van der Waals surface area contributed by atoms with Crippen LogP contribution >= 0.6 is 0 Å². The van der Waals surface area contributed by atoms with Crippen LogP contribution in [0.5, 0.6) is 0 Å². The first-order chi connectivity index (χ1) is 4.99. The highest BCUT2D eigenvalue weighted by Crippen LogP contribution is 2.17. The number of allylic oxidation sites excluding steroid dienone is 1. The lowest BCUT2D eigenvalue weighted by atomic mass is 10.1. The lowest BCUT2D eigenvalue weighted by molar-refractivity contribution is -0.137. The minimum atomic E-state index is -3.08. The van der Waals surface area contributed by atoms with Gasteiger partial charge >= 0.3 is 5.97 Å². The van der Waals surface area contributed by atoms with Gasteiger partial charge in [0.05, 0.1) is 12.2 Å². The molecule has 1 aliphatic heterocycles. The van der Waals surface area contributed by atoms with Crippen LogP contribution in [0.1, 0.15) is 6.42 Å². The Balaban J connectivity index is 2.58. The van der Waals surface area contributed by atoms with Crippen molar-refractivity contribution in [3.63, 3.8) is 0 Å². The van der Waals surface area contributed by atoms with Crippen LogP contribution in [-0.4, -0.2) is 25.2 Å². The maximum atomic E-state index is 10.7. The molecule has 4 nitrogen and oxygen atoms in total. The highest BCUT2D eigenvalue weighted by atomic mass is 32.2. The Hall–Kier alpha value is -0.840. The average molecular weight is 176 g/mol. The smallest absolute Gasteiger partial charge is 0.303 e. The Labute approximate surface area is 64.4 Å². The first kappa shape index (κ1) is 8.26. The Morgan fingerprint density at radius 3 is 2.64 bits per heavy atom. The summed E-state index contributed by atoms with van der Waals surface area (Å²) in [5.41, 5.74) is 0. The van der Waals surface area contributed by atoms with Gasteiger partial charge < -0.3 is 5.11 Å². The van der Waals surface area contributed by atoms with E-state index in [0.29, 0.717) is 0 Å². The second kappa shape index (κ2) is 2.65. The van der Waals surface area contributed by atoms with Gasteiger partial charge in [0, 0.05) is 11.3 Å². The molecular formula is C6H8O4S. The van der Waals surface area contributed by atoms with Gasteiger partial charge in [-0.15, -0.1) is 0 Å². The van der Waals surface area contributed by atoms with Gasteiger partial charge in [-0.1, -0.05) is 6.08 Å². The van der Waals surface area contributed by atoms with Crippen LogP contribution in [0.2, 0.25) is 0 Å². The Morgan fingerprint density at radius 2 is 2.27 bits per heavy atom. The molecule has 62 valence electrons. The summed E-state index contributed by atoms with van der Waals surface area (Å²) in [5.74, 6) is -1.35. The number of carbonyl (C=O) groups is 1. The number of rotatable bonds is 2. The second-order valence-corrected chi connectivity index (χ2v) is 4.45. The van der Waals surface area contributed by atoms with E-state index in [1.165, 1.54) is 6.08 Å². The van der Waals surface area contributed by atoms with Crippen molar-refractivity contribution >= 4 is 15.8 Å². The molecule has 1 aliphatic rings. The Morgan fingerprint density at radius 1 is 1.64 bits per heavy atom. The predicted octanol–water partition coefficient (Wildman–Crippen LogP) is 0.0194. The van der Waals surface area contributed by atoms with Gasteiger partial charge in [0.2, 0.25) is 0 Å². The molecular weight excluding hydrogens is 168 g/mol. The van der Waals surface area contributed by atoms with Crippen molar-refractivity contribution in [1.82, 2.24) is 0 Å². The number of carboxylic acid groups (broad SMARTS) is 1. The molecule has 0 unspecified atom stereocenters. The van der Waals surface area contributed by atoms with Crippen molar-refractivity contribution < 1.29 is 18.3 Å². The van der Waals surface area contributed by atoms with Crippen LogP contribution in [0.4, 0.5) is 0 Å². The Kier molecular flexibility index (Phi) is 1.99. The molecule has 0 fully saturated rings. The molecule has 1 N–H and O–H groups in total. The summed E-state index contributed by atoms with van der Waals surface area (Å²) < 4.78 is 21.5. The second-order valence-electron chi connectivity index (χ2n) is 2.52. The molecule has 0 saturated carbocycles. The van der Waals surface area contributed by atoms with Crippen molar-refractivity contribution in [2.45, 2.75) is 6.42 Å². The van der Waals surface area contributed by atoms with E-state index >= 15 is 0 Å². The molecule has 0 aromatic heterocycles. The molecule has 0 aromatic rings. The maximum absolute atomic E-state index is 10.7. The maximum Gasteiger partial charge on any atom is 0.303 e. The third-order valence-corrected chi connectivity index (χ3v) is 2.91. The highest BCUT2D eigenvalue weighted by Gasteiger charge is 2.23. The third kappa shape index (κ3) is 2.34. The van der Waals surface area contributed by atoms with Gasteiger partial charge in [-0.25, -0.2) is 8.42 Å². The van der Waals surface area contributed by atoms with E-state index in [0.717, 1.165) is 5.41 Å². The molecule has 0 aromatic carbocycles. The van der Waals surface area contributed by atoms with Gasteiger partial charge in [0.1, 0.15) is 0 Å². The summed E-state index contributed by atoms with van der Waals surface area (Å²) in [4.78, 5) is 10.1. The fourth-order valence-electron chi connectivity index (χ4n) is 0.992. The summed E-state index contributed by atoms with van der Waals surface area (Å²) in [6, 6.07) is 0. The molecule has 5 heteroatoms. The average Bonchev–Trinajstić information content (AvgIpc) is 2.08. The molecule has 1 rings (SSSR count). The zero-order valence-electron chi connectivity index (χ0n) is 5.73. The molecule has 0 spiro atoms. The van der Waals surface area contributed by atoms with Crippen molar-refractivity contribution in [3.05, 3.63) is 11.5 Å². The van der Waals surface area contributed by atoms with E-state index in [1.807, 2.05) is 0 Å². The van der Waals surface area contributed by atoms with Crippen molar-refractivity contribution in [3.8, 4) is 0 Å². The minimum Gasteiger partial charge on any atom is -0.481 e. The topological polar surface area (TPSA) is 71.4 Å². The van der Waals surface area contributed by atoms with Crippen LogP contribution < -0.4 is 0 Å². The summed E-state index contributed by atoms with van der Waals surface area (Å²) in [7, 11) is -3.08. The van der Waals surface area contributed by atoms with Crippen molar-refractivity contribution in [1.29, 1.82) is 0 Å². The molecule has 1 heterocycles. The molecule has 0 radical (unpaired) electrons. The zero-order valence-corrected chi connectivity index (χ0v) is 6.54. The summed E-state index contributed by atoms with van der Waals surface area (Å²) in [6.07, 6.45) is 1.33. The monoisotopic (exact) mass is 176 g/mol. The lowest BCUT2D eigenvalue weighted by Gasteiger charge is -1.99. The van der Waals surface area contributed by atoms with Crippen LogP contribution in [-0.2, 0) is 14.6 Å². The fraction of sp³-hybridized carbons (Fsp3) is 0.500. The molecule has 1 atom stereocenters. The first-order valence-electron chi connectivity index (χ1n) is 3.12. The SMILES string of the molecule is O=C(O)C[C@@H]1C=CS(=O)(=O)C1. The van der Waals surface area contributed by atoms with E-state index in [-0.39, 0.29) is 18.1 Å². The summed E-state index contributed by atoms with van der Waals surface area (Å²) >= 11 is 0. The third-order valence-electron chi connectivity index (χ3n) is 1.44. The largest absolute Gasteiger partial charge is 0.481 e. The lowest BCUT2D eigenvalue weighted by Crippen LogP contribution is -2.10. The van der Waals surface area contributed by atoms with Gasteiger partial charge in [0.25, 0.3) is 0 Å². The van der Waals surface area contributed by atoms with Gasteiger partial charge in [-0.2, -0.15) is 0 Å². The van der Waals surface area contributed by atoms with E-state index in [1.54, 1.807) is 0 Å². The highest BCUT2D eigenvalue weighted by molar-refractivity contribution is 7.94. The van der Waals surface area contributed by atoms with E-state index in [2.05, 4.69) is 0 Å². The number of carboxylic acids is 1. The van der Waals surface area contributed by atoms with E-state index in [4.69, 9.17) is 5.11 Å². The van der Waals surface area contributed by atoms with Crippen LogP contribution in [0, 0.1) is 5.92 Å². The number of sulfone groups is 1. The summed E-state index contributed by atoms with van der Waals surface area (Å²) in [5, 5.41) is 9.40. The molecule has 0 aliphatic carbocycles. The number of aliphatic carboxylic acids is 1. The van der Waals surface area contributed by atoms with E-state index in [9.17, 15) is 13.2 Å². The molecule has 0 amide bonds. The van der Waals surface area contributed by atoms with Crippen LogP contribution in [0.3, 0.4) is 0 Å². The fourth-order valence-corrected chi connectivity index (χ4v) is 2.39. The van der Waals surface area contributed by atoms with Gasteiger partial charge in [-0.3, -0.25) is 4.79 Å². The number of hydrogen-bond donors (Lipinski definition) is 1. The van der Waals surface area contributed by atoms with Crippen molar-refractivity contribution in [2.24, 2.45) is 5.92 Å².